The highest BCUT2D eigenvalue weighted by molar-refractivity contribution is 5.84. The number of pyridine rings is 1. The highest BCUT2D eigenvalue weighted by Crippen LogP contribution is 2.51. The lowest BCUT2D eigenvalue weighted by atomic mass is 9.58. The molecule has 6 rings (SSSR count). The van der Waals surface area contributed by atoms with Crippen LogP contribution in [0.25, 0.3) is 16.6 Å². The molecular weight excluding hydrogens is 509 g/mol. The van der Waals surface area contributed by atoms with Crippen molar-refractivity contribution < 1.29 is 17.9 Å². The summed E-state index contributed by atoms with van der Waals surface area (Å²) in [5, 5.41) is 12.4. The van der Waals surface area contributed by atoms with Gasteiger partial charge in [0.05, 0.1) is 12.0 Å². The van der Waals surface area contributed by atoms with E-state index in [2.05, 4.69) is 44.3 Å². The van der Waals surface area contributed by atoms with Crippen LogP contribution in [0.2, 0.25) is 0 Å². The van der Waals surface area contributed by atoms with E-state index in [-0.39, 0.29) is 17.5 Å². The summed E-state index contributed by atoms with van der Waals surface area (Å²) in [5.74, 6) is 1.88. The summed E-state index contributed by atoms with van der Waals surface area (Å²) in [4.78, 5) is 17.0. The molecule has 0 amide bonds. The number of nitrogens with one attached hydrogen (secondary N) is 2. The molecule has 3 aromatic heterocycles. The molecule has 2 fully saturated rings. The normalized spacial score (nSPS) is 21.4. The molecular formula is C28H31F3N6O2. The van der Waals surface area contributed by atoms with Gasteiger partial charge in [0.25, 0.3) is 5.56 Å². The predicted octanol–water partition coefficient (Wildman–Crippen LogP) is 4.67. The summed E-state index contributed by atoms with van der Waals surface area (Å²) < 4.78 is 44.2. The second-order valence-electron chi connectivity index (χ2n) is 11.0. The van der Waals surface area contributed by atoms with Gasteiger partial charge in [0.15, 0.2) is 0 Å². The minimum absolute atomic E-state index is 0.0350. The van der Waals surface area contributed by atoms with Gasteiger partial charge in [-0.3, -0.25) is 14.1 Å². The molecule has 39 heavy (non-hydrogen) atoms. The van der Waals surface area contributed by atoms with E-state index in [1.165, 1.54) is 0 Å². The van der Waals surface area contributed by atoms with Crippen molar-refractivity contribution >= 4 is 10.9 Å². The fraction of sp³-hybridized carbons (Fsp3) is 0.464. The summed E-state index contributed by atoms with van der Waals surface area (Å²) in [5.41, 5.74) is 3.87. The van der Waals surface area contributed by atoms with E-state index in [0.717, 1.165) is 59.4 Å². The van der Waals surface area contributed by atoms with Crippen LogP contribution in [0.4, 0.5) is 13.2 Å². The highest BCUT2D eigenvalue weighted by Gasteiger charge is 2.48. The topological polar surface area (TPSA) is 89.8 Å². The molecule has 4 aromatic rings. The zero-order valence-electron chi connectivity index (χ0n) is 21.9. The number of halogens is 3. The van der Waals surface area contributed by atoms with Crippen LogP contribution >= 0.6 is 0 Å². The molecule has 1 aromatic carbocycles. The minimum atomic E-state index is -4.64. The molecule has 2 N–H and O–H groups in total. The fourth-order valence-electron chi connectivity index (χ4n) is 6.11. The third-order valence-corrected chi connectivity index (χ3v) is 7.97. The number of nitrogens with zero attached hydrogens (tertiary/aromatic N) is 4. The Labute approximate surface area is 223 Å². The average molecular weight is 541 g/mol. The van der Waals surface area contributed by atoms with E-state index in [1.54, 1.807) is 10.9 Å². The number of H-pyrrole nitrogens is 1. The third kappa shape index (κ3) is 4.89. The Balaban J connectivity index is 1.33. The number of fused-ring (bicyclic) bond motifs is 1. The van der Waals surface area contributed by atoms with E-state index in [1.807, 2.05) is 36.0 Å². The van der Waals surface area contributed by atoms with E-state index in [0.29, 0.717) is 23.9 Å². The Morgan fingerprint density at radius 3 is 2.69 bits per heavy atom. The number of rotatable bonds is 9. The Hall–Kier alpha value is -3.44. The van der Waals surface area contributed by atoms with Gasteiger partial charge in [-0.25, -0.2) is 0 Å². The first-order valence-corrected chi connectivity index (χ1v) is 13.3. The lowest BCUT2D eigenvalue weighted by molar-refractivity contribution is -0.323. The molecule has 3 heterocycles. The number of ether oxygens (including phenoxy) is 1. The number of hydrogen-bond acceptors (Lipinski definition) is 5. The van der Waals surface area contributed by atoms with Gasteiger partial charge in [-0.2, -0.15) is 0 Å². The maximum atomic E-state index is 13.7. The van der Waals surface area contributed by atoms with Crippen molar-refractivity contribution in [2.75, 3.05) is 13.2 Å². The standard InChI is InChI=1S/C28H31F3N6O2/c1-17-12-27(13-17,26-35-33-16-36(26)2)19-4-3-5-21(10-19)37-15-23(18-6-7-18)22-11-20(34-24(22)25(37)38)14-32-8-9-39-28(29,30)31/h3-5,10-11,15-18,32,34H,6-9,12-14H2,1-2H3. The molecule has 0 atom stereocenters. The van der Waals surface area contributed by atoms with Crippen molar-refractivity contribution in [1.29, 1.82) is 0 Å². The van der Waals surface area contributed by atoms with Crippen molar-refractivity contribution in [3.63, 3.8) is 0 Å². The molecule has 0 radical (unpaired) electrons. The molecule has 0 unspecified atom stereocenters. The van der Waals surface area contributed by atoms with Gasteiger partial charge in [0, 0.05) is 43.1 Å². The first-order chi connectivity index (χ1) is 18.6. The van der Waals surface area contributed by atoms with Gasteiger partial charge in [-0.1, -0.05) is 19.1 Å². The monoisotopic (exact) mass is 540 g/mol. The quantitative estimate of drug-likeness (QED) is 0.301. The van der Waals surface area contributed by atoms with E-state index < -0.39 is 13.0 Å². The summed E-state index contributed by atoms with van der Waals surface area (Å²) in [6.07, 6.45) is 3.10. The number of hydrogen-bond donors (Lipinski definition) is 2. The molecule has 2 aliphatic carbocycles. The van der Waals surface area contributed by atoms with Crippen LogP contribution in [0.15, 0.2) is 47.7 Å². The summed E-state index contributed by atoms with van der Waals surface area (Å²) >= 11 is 0. The average Bonchev–Trinajstić information content (AvgIpc) is 3.48. The SMILES string of the molecule is CC1CC(c2cccc(-n3cc(C4CC4)c4cc(CNCCOC(F)(F)F)[nH]c4c3=O)c2)(c2nncn2C)C1. The smallest absolute Gasteiger partial charge is 0.353 e. The van der Waals surface area contributed by atoms with Crippen molar-refractivity contribution in [2.24, 2.45) is 13.0 Å². The van der Waals surface area contributed by atoms with Crippen LogP contribution in [-0.2, 0) is 23.7 Å². The molecule has 0 saturated heterocycles. The van der Waals surface area contributed by atoms with Gasteiger partial charge >= 0.3 is 6.36 Å². The Morgan fingerprint density at radius 2 is 2.03 bits per heavy atom. The van der Waals surface area contributed by atoms with E-state index in [4.69, 9.17) is 0 Å². The number of aryl methyl sites for hydroxylation is 1. The Morgan fingerprint density at radius 1 is 1.23 bits per heavy atom. The molecule has 8 nitrogen and oxygen atoms in total. The zero-order valence-corrected chi connectivity index (χ0v) is 21.9. The minimum Gasteiger partial charge on any atom is -0.353 e. The van der Waals surface area contributed by atoms with Crippen molar-refractivity contribution in [3.05, 3.63) is 75.9 Å². The third-order valence-electron chi connectivity index (χ3n) is 7.97. The number of aromatic nitrogens is 5. The molecule has 2 saturated carbocycles. The van der Waals surface area contributed by atoms with Crippen LogP contribution in [-0.4, -0.2) is 43.8 Å². The highest BCUT2D eigenvalue weighted by atomic mass is 19.4. The number of alkyl halides is 3. The maximum Gasteiger partial charge on any atom is 0.522 e. The molecule has 206 valence electrons. The molecule has 0 bridgehead atoms. The van der Waals surface area contributed by atoms with Crippen molar-refractivity contribution in [2.45, 2.75) is 56.8 Å². The van der Waals surface area contributed by atoms with Crippen molar-refractivity contribution in [1.82, 2.24) is 29.6 Å². The second-order valence-corrected chi connectivity index (χ2v) is 11.0. The van der Waals surface area contributed by atoms with Crippen LogP contribution in [0.1, 0.15) is 61.2 Å². The summed E-state index contributed by atoms with van der Waals surface area (Å²) in [6.45, 7) is 2.09. The van der Waals surface area contributed by atoms with Crippen LogP contribution in [0.3, 0.4) is 0 Å². The molecule has 0 aliphatic heterocycles. The van der Waals surface area contributed by atoms with Gasteiger partial charge in [-0.05, 0) is 66.8 Å². The maximum absolute atomic E-state index is 13.7. The van der Waals surface area contributed by atoms with E-state index in [9.17, 15) is 18.0 Å². The van der Waals surface area contributed by atoms with Crippen LogP contribution in [0, 0.1) is 5.92 Å². The fourth-order valence-corrected chi connectivity index (χ4v) is 6.11. The zero-order chi connectivity index (χ0) is 27.4. The molecule has 2 aliphatic rings. The number of aromatic amines is 1. The van der Waals surface area contributed by atoms with Gasteiger partial charge in [-0.15, -0.1) is 23.4 Å². The number of benzene rings is 1. The summed E-state index contributed by atoms with van der Waals surface area (Å²) in [7, 11) is 1.96. The van der Waals surface area contributed by atoms with E-state index >= 15 is 0 Å². The lowest BCUT2D eigenvalue weighted by Gasteiger charge is -2.46. The Kier molecular flexibility index (Phi) is 6.38. The largest absolute Gasteiger partial charge is 0.522 e. The van der Waals surface area contributed by atoms with Crippen molar-refractivity contribution in [3.8, 4) is 5.69 Å². The molecule has 11 heteroatoms. The first-order valence-electron chi connectivity index (χ1n) is 13.3. The predicted molar refractivity (Wildman–Crippen MR) is 140 cm³/mol. The van der Waals surface area contributed by atoms with Gasteiger partial charge in [0.1, 0.15) is 17.7 Å². The molecule has 0 spiro atoms. The first kappa shape index (κ1) is 25.8. The lowest BCUT2D eigenvalue weighted by Crippen LogP contribution is -2.43. The van der Waals surface area contributed by atoms with Gasteiger partial charge < -0.3 is 14.9 Å². The van der Waals surface area contributed by atoms with Crippen LogP contribution < -0.4 is 10.9 Å². The van der Waals surface area contributed by atoms with Gasteiger partial charge in [0.2, 0.25) is 0 Å². The van der Waals surface area contributed by atoms with Crippen LogP contribution in [0.5, 0.6) is 0 Å². The summed E-state index contributed by atoms with van der Waals surface area (Å²) in [6, 6.07) is 10.1. The Bertz CT molecular complexity index is 1560. The second kappa shape index (κ2) is 9.63.